The van der Waals surface area contributed by atoms with Crippen molar-refractivity contribution in [2.24, 2.45) is 0 Å². The molecule has 1 aromatic rings. The number of anilines is 2. The van der Waals surface area contributed by atoms with E-state index in [2.05, 4.69) is 15.6 Å². The Bertz CT molecular complexity index is 405. The SMILES string of the molecule is CCCNc1cc(C(F)(F)F)cc(NC(C)CC)n1. The van der Waals surface area contributed by atoms with E-state index in [4.69, 9.17) is 0 Å². The van der Waals surface area contributed by atoms with Crippen molar-refractivity contribution in [3.63, 3.8) is 0 Å². The van der Waals surface area contributed by atoms with Crippen LogP contribution in [0.25, 0.3) is 0 Å². The van der Waals surface area contributed by atoms with Crippen LogP contribution in [0.4, 0.5) is 24.8 Å². The van der Waals surface area contributed by atoms with Gasteiger partial charge in [0.15, 0.2) is 0 Å². The van der Waals surface area contributed by atoms with E-state index in [1.807, 2.05) is 20.8 Å². The van der Waals surface area contributed by atoms with Crippen molar-refractivity contribution in [2.75, 3.05) is 17.2 Å². The third-order valence-electron chi connectivity index (χ3n) is 2.72. The van der Waals surface area contributed by atoms with Gasteiger partial charge in [0.25, 0.3) is 0 Å². The second-order valence-corrected chi connectivity index (χ2v) is 4.50. The van der Waals surface area contributed by atoms with Gasteiger partial charge in [-0.05, 0) is 31.9 Å². The Balaban J connectivity index is 3.02. The number of nitrogens with zero attached hydrogens (tertiary/aromatic N) is 1. The molecule has 1 unspecified atom stereocenters. The summed E-state index contributed by atoms with van der Waals surface area (Å²) in [6.07, 6.45) is -2.72. The average Bonchev–Trinajstić information content (AvgIpc) is 2.34. The molecule has 1 aromatic heterocycles. The smallest absolute Gasteiger partial charge is 0.370 e. The molecular weight excluding hydrogens is 255 g/mol. The lowest BCUT2D eigenvalue weighted by molar-refractivity contribution is -0.137. The molecule has 6 heteroatoms. The van der Waals surface area contributed by atoms with Gasteiger partial charge in [-0.25, -0.2) is 4.98 Å². The third-order valence-corrected chi connectivity index (χ3v) is 2.72. The van der Waals surface area contributed by atoms with E-state index in [0.29, 0.717) is 6.54 Å². The minimum Gasteiger partial charge on any atom is -0.370 e. The number of pyridine rings is 1. The summed E-state index contributed by atoms with van der Waals surface area (Å²) in [4.78, 5) is 4.15. The maximum absolute atomic E-state index is 12.8. The van der Waals surface area contributed by atoms with Gasteiger partial charge in [-0.1, -0.05) is 13.8 Å². The Hall–Kier alpha value is -1.46. The van der Waals surface area contributed by atoms with E-state index in [1.165, 1.54) is 0 Å². The number of hydrogen-bond donors (Lipinski definition) is 2. The maximum atomic E-state index is 12.8. The highest BCUT2D eigenvalue weighted by Crippen LogP contribution is 2.32. The number of aromatic nitrogens is 1. The Labute approximate surface area is 111 Å². The maximum Gasteiger partial charge on any atom is 0.416 e. The molecule has 0 spiro atoms. The molecule has 1 atom stereocenters. The first-order chi connectivity index (χ1) is 8.86. The summed E-state index contributed by atoms with van der Waals surface area (Å²) in [5.41, 5.74) is -0.688. The van der Waals surface area contributed by atoms with Gasteiger partial charge in [0, 0.05) is 12.6 Å². The summed E-state index contributed by atoms with van der Waals surface area (Å²) in [5.74, 6) is 0.505. The molecule has 1 heterocycles. The monoisotopic (exact) mass is 275 g/mol. The Kier molecular flexibility index (Phi) is 5.44. The largest absolute Gasteiger partial charge is 0.416 e. The molecule has 0 saturated carbocycles. The summed E-state index contributed by atoms with van der Waals surface area (Å²) in [7, 11) is 0. The van der Waals surface area contributed by atoms with Crippen LogP contribution in [0, 0.1) is 0 Å². The van der Waals surface area contributed by atoms with Crippen molar-refractivity contribution in [1.82, 2.24) is 4.98 Å². The molecule has 1 rings (SSSR count). The van der Waals surface area contributed by atoms with E-state index in [-0.39, 0.29) is 17.7 Å². The summed E-state index contributed by atoms with van der Waals surface area (Å²) >= 11 is 0. The predicted octanol–water partition coefficient (Wildman–Crippen LogP) is 4.13. The zero-order valence-corrected chi connectivity index (χ0v) is 11.4. The first kappa shape index (κ1) is 15.6. The molecule has 0 aliphatic rings. The van der Waals surface area contributed by atoms with Gasteiger partial charge in [0.1, 0.15) is 11.6 Å². The highest BCUT2D eigenvalue weighted by Gasteiger charge is 2.31. The minimum absolute atomic E-state index is 0.0787. The zero-order chi connectivity index (χ0) is 14.5. The van der Waals surface area contributed by atoms with Crippen LogP contribution in [0.3, 0.4) is 0 Å². The third kappa shape index (κ3) is 4.96. The van der Waals surface area contributed by atoms with Crippen molar-refractivity contribution >= 4 is 11.6 Å². The van der Waals surface area contributed by atoms with Crippen LogP contribution in [-0.2, 0) is 6.18 Å². The van der Waals surface area contributed by atoms with E-state index >= 15 is 0 Å². The molecule has 0 amide bonds. The van der Waals surface area contributed by atoms with Crippen molar-refractivity contribution < 1.29 is 13.2 Å². The van der Waals surface area contributed by atoms with Crippen LogP contribution in [0.5, 0.6) is 0 Å². The number of alkyl halides is 3. The molecule has 0 bridgehead atoms. The van der Waals surface area contributed by atoms with Crippen molar-refractivity contribution in [3.05, 3.63) is 17.7 Å². The van der Waals surface area contributed by atoms with E-state index < -0.39 is 11.7 Å². The lowest BCUT2D eigenvalue weighted by Gasteiger charge is -2.16. The topological polar surface area (TPSA) is 37.0 Å². The molecule has 3 nitrogen and oxygen atoms in total. The van der Waals surface area contributed by atoms with E-state index in [1.54, 1.807) is 0 Å². The molecule has 0 fully saturated rings. The minimum atomic E-state index is -4.36. The second kappa shape index (κ2) is 6.63. The second-order valence-electron chi connectivity index (χ2n) is 4.50. The first-order valence-corrected chi connectivity index (χ1v) is 6.46. The summed E-state index contributed by atoms with van der Waals surface area (Å²) in [5, 5.41) is 5.86. The van der Waals surface area contributed by atoms with Crippen LogP contribution in [0.1, 0.15) is 39.2 Å². The molecule has 108 valence electrons. The average molecular weight is 275 g/mol. The van der Waals surface area contributed by atoms with Gasteiger partial charge < -0.3 is 10.6 Å². The Morgan fingerprint density at radius 1 is 1.21 bits per heavy atom. The number of hydrogen-bond acceptors (Lipinski definition) is 3. The lowest BCUT2D eigenvalue weighted by Crippen LogP contribution is -2.17. The number of halogens is 3. The summed E-state index contributed by atoms with van der Waals surface area (Å²) in [6.45, 7) is 6.40. The van der Waals surface area contributed by atoms with Crippen molar-refractivity contribution in [1.29, 1.82) is 0 Å². The molecule has 0 aliphatic heterocycles. The molecular formula is C13H20F3N3. The Morgan fingerprint density at radius 2 is 1.84 bits per heavy atom. The fraction of sp³-hybridized carbons (Fsp3) is 0.615. The van der Waals surface area contributed by atoms with Gasteiger partial charge in [-0.15, -0.1) is 0 Å². The zero-order valence-electron chi connectivity index (χ0n) is 11.4. The van der Waals surface area contributed by atoms with Crippen LogP contribution < -0.4 is 10.6 Å². The van der Waals surface area contributed by atoms with Gasteiger partial charge in [0.05, 0.1) is 5.56 Å². The fourth-order valence-corrected chi connectivity index (χ4v) is 1.47. The molecule has 2 N–H and O–H groups in total. The summed E-state index contributed by atoms with van der Waals surface area (Å²) < 4.78 is 38.4. The van der Waals surface area contributed by atoms with Crippen LogP contribution >= 0.6 is 0 Å². The standard InChI is InChI=1S/C13H20F3N3/c1-4-6-17-11-7-10(13(14,15)16)8-12(19-11)18-9(3)5-2/h7-9H,4-6H2,1-3H3,(H2,17,18,19). The van der Waals surface area contributed by atoms with Gasteiger partial charge >= 0.3 is 6.18 Å². The van der Waals surface area contributed by atoms with E-state index in [9.17, 15) is 13.2 Å². The van der Waals surface area contributed by atoms with Crippen LogP contribution in [-0.4, -0.2) is 17.6 Å². The molecule has 0 aliphatic carbocycles. The number of nitrogens with one attached hydrogen (secondary N) is 2. The molecule has 19 heavy (non-hydrogen) atoms. The Morgan fingerprint density at radius 3 is 2.37 bits per heavy atom. The highest BCUT2D eigenvalue weighted by atomic mass is 19.4. The predicted molar refractivity (Wildman–Crippen MR) is 71.4 cm³/mol. The van der Waals surface area contributed by atoms with Gasteiger partial charge in [-0.2, -0.15) is 13.2 Å². The van der Waals surface area contributed by atoms with Crippen LogP contribution in [0.2, 0.25) is 0 Å². The van der Waals surface area contributed by atoms with Gasteiger partial charge in [-0.3, -0.25) is 0 Å². The lowest BCUT2D eigenvalue weighted by atomic mass is 10.2. The molecule has 0 radical (unpaired) electrons. The fourth-order valence-electron chi connectivity index (χ4n) is 1.47. The normalized spacial score (nSPS) is 13.2. The van der Waals surface area contributed by atoms with Gasteiger partial charge in [0.2, 0.25) is 0 Å². The number of rotatable bonds is 6. The quantitative estimate of drug-likeness (QED) is 0.819. The molecule has 0 aromatic carbocycles. The van der Waals surface area contributed by atoms with E-state index in [0.717, 1.165) is 25.0 Å². The highest BCUT2D eigenvalue weighted by molar-refractivity contribution is 5.50. The molecule has 0 saturated heterocycles. The summed E-state index contributed by atoms with van der Waals surface area (Å²) in [6, 6.07) is 2.16. The van der Waals surface area contributed by atoms with Crippen molar-refractivity contribution in [2.45, 2.75) is 45.8 Å². The van der Waals surface area contributed by atoms with Crippen LogP contribution in [0.15, 0.2) is 12.1 Å². The first-order valence-electron chi connectivity index (χ1n) is 6.46. The van der Waals surface area contributed by atoms with Crippen molar-refractivity contribution in [3.8, 4) is 0 Å².